The zero-order chi connectivity index (χ0) is 70.1. The van der Waals surface area contributed by atoms with Gasteiger partial charge in [-0.2, -0.15) is 0 Å². The average molecular weight is 1400 g/mol. The molecular weight excluding hydrogens is 1340 g/mol. The van der Waals surface area contributed by atoms with Crippen LogP contribution in [0.5, 0.6) is 0 Å². The maximum atomic E-state index is 9.60. The smallest absolute Gasteiger partial charge is 0.423 e. The number of benzene rings is 12. The second kappa shape index (κ2) is 30.0. The first-order valence-corrected chi connectivity index (χ1v) is 34.9. The van der Waals surface area contributed by atoms with Crippen molar-refractivity contribution in [1.82, 2.24) is 39.9 Å². The summed E-state index contributed by atoms with van der Waals surface area (Å²) in [6.45, 7) is 0. The van der Waals surface area contributed by atoms with E-state index in [1.165, 1.54) is 75.4 Å². The summed E-state index contributed by atoms with van der Waals surface area (Å²) >= 11 is 3.79. The van der Waals surface area contributed by atoms with Gasteiger partial charge in [0.05, 0.1) is 28.5 Å². The molecule has 104 heavy (non-hydrogen) atoms. The third kappa shape index (κ3) is 13.8. The molecule has 0 aliphatic heterocycles. The summed E-state index contributed by atoms with van der Waals surface area (Å²) in [5, 5.41) is 29.2. The molecule has 0 spiro atoms. The monoisotopic (exact) mass is 1400 g/mol. The topological polar surface area (TPSA) is 144 Å². The standard InChI is InChI=1S/C46H30N4.C26H19BN4O2.C20H13Br/c1-2-12-31(13-3-1)44-38-20-4-6-22-40(38)45(41-23-7-5-21-39(41)44)35-17-9-16-34(27-35)43-28-42(49-46(50-43)37-19-11-25-48-30-37)33-15-8-14-32(26-33)36-18-10-24-47-29-36;32-27(33)22-10-4-8-20(15-22)26-30-24(16-25(31-26)23-11-1-2-13-29-23)19-7-3-6-18(14-19)21-9-5-12-28-17-21;21-20-17-12-6-4-10-15(17)19(14-8-2-1-3-9-14)16-11-5-7-13-18(16)20/h1-30H;1-17,32-33H;1-13H. The van der Waals surface area contributed by atoms with Crippen LogP contribution in [-0.2, 0) is 0 Å². The second-order valence-corrected chi connectivity index (χ2v) is 25.8. The predicted octanol–water partition coefficient (Wildman–Crippen LogP) is 21.6. The molecule has 6 heterocycles. The number of halogens is 1. The van der Waals surface area contributed by atoms with E-state index in [9.17, 15) is 10.0 Å². The molecule has 12 heteroatoms. The lowest BCUT2D eigenvalue weighted by Gasteiger charge is -2.18. The zero-order valence-electron chi connectivity index (χ0n) is 56.1. The molecule has 0 aliphatic carbocycles. The van der Waals surface area contributed by atoms with Crippen LogP contribution in [0.25, 0.3) is 167 Å². The quantitative estimate of drug-likeness (QED) is 0.0896. The second-order valence-electron chi connectivity index (χ2n) is 25.0. The Kier molecular flexibility index (Phi) is 18.9. The summed E-state index contributed by atoms with van der Waals surface area (Å²) in [5.41, 5.74) is 20.3. The van der Waals surface area contributed by atoms with Crippen LogP contribution in [0.2, 0.25) is 0 Å². The molecule has 12 aromatic carbocycles. The third-order valence-corrected chi connectivity index (χ3v) is 19.3. The van der Waals surface area contributed by atoms with Crippen molar-refractivity contribution in [2.24, 2.45) is 0 Å². The van der Waals surface area contributed by atoms with E-state index in [1.54, 1.807) is 43.0 Å². The lowest BCUT2D eigenvalue weighted by Crippen LogP contribution is -2.29. The molecule has 0 aliphatic rings. The van der Waals surface area contributed by atoms with Crippen molar-refractivity contribution < 1.29 is 10.0 Å². The highest BCUT2D eigenvalue weighted by Crippen LogP contribution is 2.46. The number of rotatable bonds is 12. The van der Waals surface area contributed by atoms with E-state index < -0.39 is 7.12 Å². The van der Waals surface area contributed by atoms with Crippen molar-refractivity contribution in [3.05, 3.63) is 369 Å². The highest BCUT2D eigenvalue weighted by atomic mass is 79.9. The lowest BCUT2D eigenvalue weighted by molar-refractivity contribution is 0.426. The largest absolute Gasteiger partial charge is 0.488 e. The van der Waals surface area contributed by atoms with E-state index in [2.05, 4.69) is 260 Å². The minimum atomic E-state index is -1.57. The highest BCUT2D eigenvalue weighted by molar-refractivity contribution is 9.10. The van der Waals surface area contributed by atoms with Crippen LogP contribution in [-0.4, -0.2) is 57.0 Å². The molecule has 2 N–H and O–H groups in total. The van der Waals surface area contributed by atoms with Crippen LogP contribution in [0.1, 0.15) is 0 Å². The first kappa shape index (κ1) is 65.5. The van der Waals surface area contributed by atoms with Crippen molar-refractivity contribution in [2.45, 2.75) is 0 Å². The molecule has 0 radical (unpaired) electrons. The van der Waals surface area contributed by atoms with Gasteiger partial charge in [-0.05, 0) is 176 Å². The van der Waals surface area contributed by atoms with Gasteiger partial charge in [0.25, 0.3) is 0 Å². The molecule has 0 bridgehead atoms. The van der Waals surface area contributed by atoms with Crippen molar-refractivity contribution in [3.8, 4) is 124 Å². The number of hydrogen-bond donors (Lipinski definition) is 2. The van der Waals surface area contributed by atoms with Crippen LogP contribution < -0.4 is 5.46 Å². The fraction of sp³-hybridized carbons (Fsp3) is 0. The number of hydrogen-bond acceptors (Lipinski definition) is 10. The number of fused-ring (bicyclic) bond motifs is 4. The Morgan fingerprint density at radius 2 is 0.567 bits per heavy atom. The van der Waals surface area contributed by atoms with Gasteiger partial charge < -0.3 is 10.0 Å². The van der Waals surface area contributed by atoms with E-state index in [4.69, 9.17) is 19.9 Å². The van der Waals surface area contributed by atoms with Crippen LogP contribution in [0.3, 0.4) is 0 Å². The van der Waals surface area contributed by atoms with Crippen LogP contribution >= 0.6 is 15.9 Å². The van der Waals surface area contributed by atoms with Crippen molar-refractivity contribution in [1.29, 1.82) is 0 Å². The summed E-state index contributed by atoms with van der Waals surface area (Å²) < 4.78 is 1.17. The first-order valence-electron chi connectivity index (χ1n) is 34.2. The molecule has 0 saturated carbocycles. The normalized spacial score (nSPS) is 11.0. The van der Waals surface area contributed by atoms with E-state index in [1.807, 2.05) is 97.5 Å². The molecule has 0 amide bonds. The van der Waals surface area contributed by atoms with E-state index in [0.717, 1.165) is 72.8 Å². The molecule has 6 aromatic heterocycles. The van der Waals surface area contributed by atoms with Gasteiger partial charge in [0.15, 0.2) is 11.6 Å². The van der Waals surface area contributed by atoms with Crippen LogP contribution in [0.15, 0.2) is 369 Å². The average Bonchev–Trinajstić information content (AvgIpc) is 0.716. The summed E-state index contributed by atoms with van der Waals surface area (Å²) in [6, 6.07) is 110. The predicted molar refractivity (Wildman–Crippen MR) is 429 cm³/mol. The van der Waals surface area contributed by atoms with Crippen LogP contribution in [0.4, 0.5) is 0 Å². The Balaban J connectivity index is 0.000000132. The zero-order valence-corrected chi connectivity index (χ0v) is 57.7. The molecule has 0 saturated heterocycles. The Hall–Kier alpha value is -13.1. The first-order chi connectivity index (χ1) is 51.3. The summed E-state index contributed by atoms with van der Waals surface area (Å²) in [5.74, 6) is 1.10. The van der Waals surface area contributed by atoms with Gasteiger partial charge in [0.1, 0.15) is 0 Å². The summed E-state index contributed by atoms with van der Waals surface area (Å²) in [6.07, 6.45) is 12.6. The Morgan fingerprint density at radius 1 is 0.231 bits per heavy atom. The van der Waals surface area contributed by atoms with Gasteiger partial charge >= 0.3 is 7.12 Å². The molecule has 0 unspecified atom stereocenters. The summed E-state index contributed by atoms with van der Waals surface area (Å²) in [7, 11) is -1.57. The van der Waals surface area contributed by atoms with Gasteiger partial charge in [-0.1, -0.05) is 255 Å². The SMILES string of the molecule is Brc1c2ccccc2c(-c2ccccc2)c2ccccc12.OB(O)c1cccc(-c2nc(-c3cccc(-c4cccnc4)c3)cc(-c3ccccn3)n2)c1.c1ccc(-c2c3ccccc3c(-c3cccc(-c4cc(-c5cccc(-c6cccnc6)c5)nc(-c5cccnc5)n4)c3)c3ccccc23)cc1. The molecule has 10 nitrogen and oxygen atoms in total. The Morgan fingerprint density at radius 3 is 1.01 bits per heavy atom. The van der Waals surface area contributed by atoms with Gasteiger partial charge in [-0.3, -0.25) is 19.9 Å². The van der Waals surface area contributed by atoms with Gasteiger partial charge in [0.2, 0.25) is 0 Å². The van der Waals surface area contributed by atoms with E-state index in [0.29, 0.717) is 28.4 Å². The molecule has 0 atom stereocenters. The number of pyridine rings is 4. The lowest BCUT2D eigenvalue weighted by atomic mass is 9.79. The molecular formula is C92H62BBrN8O2. The summed E-state index contributed by atoms with van der Waals surface area (Å²) in [4.78, 5) is 37.1. The fourth-order valence-electron chi connectivity index (χ4n) is 13.5. The van der Waals surface area contributed by atoms with Gasteiger partial charge in [0, 0.05) is 86.8 Å². The maximum absolute atomic E-state index is 9.60. The number of nitrogens with zero attached hydrogens (tertiary/aromatic N) is 8. The number of aromatic nitrogens is 8. The molecule has 18 aromatic rings. The van der Waals surface area contributed by atoms with E-state index in [-0.39, 0.29) is 0 Å². The molecule has 492 valence electrons. The van der Waals surface area contributed by atoms with Gasteiger partial charge in [-0.15, -0.1) is 0 Å². The third-order valence-electron chi connectivity index (χ3n) is 18.4. The van der Waals surface area contributed by atoms with E-state index >= 15 is 0 Å². The molecule has 18 rings (SSSR count). The van der Waals surface area contributed by atoms with Crippen molar-refractivity contribution >= 4 is 71.6 Å². The van der Waals surface area contributed by atoms with Gasteiger partial charge in [-0.25, -0.2) is 19.9 Å². The Labute approximate surface area is 610 Å². The Bertz CT molecular complexity index is 5990. The minimum Gasteiger partial charge on any atom is -0.423 e. The highest BCUT2D eigenvalue weighted by Gasteiger charge is 2.21. The molecule has 0 fully saturated rings. The van der Waals surface area contributed by atoms with Crippen LogP contribution in [0, 0.1) is 0 Å². The fourth-order valence-corrected chi connectivity index (χ4v) is 14.2. The minimum absolute atomic E-state index is 0.375. The maximum Gasteiger partial charge on any atom is 0.488 e. The van der Waals surface area contributed by atoms with Crippen molar-refractivity contribution in [2.75, 3.05) is 0 Å². The van der Waals surface area contributed by atoms with Crippen molar-refractivity contribution in [3.63, 3.8) is 0 Å².